The molecule has 8 heteroatoms. The van der Waals surface area contributed by atoms with Crippen molar-refractivity contribution in [2.24, 2.45) is 23.5 Å². The zero-order valence-corrected chi connectivity index (χ0v) is 23.4. The highest BCUT2D eigenvalue weighted by atomic mass is 16.5. The second-order valence-corrected chi connectivity index (χ2v) is 11.1. The number of phenols is 1. The van der Waals surface area contributed by atoms with Gasteiger partial charge in [0, 0.05) is 6.54 Å². The number of ketones is 1. The molecule has 0 saturated carbocycles. The van der Waals surface area contributed by atoms with Crippen LogP contribution in [0.3, 0.4) is 0 Å². The number of nitrogens with two attached hydrogens (primary N) is 1. The summed E-state index contributed by atoms with van der Waals surface area (Å²) in [6.07, 6.45) is 2.43. The van der Waals surface area contributed by atoms with Crippen molar-refractivity contribution in [3.63, 3.8) is 0 Å². The highest BCUT2D eigenvalue weighted by Crippen LogP contribution is 2.23. The molecule has 1 aliphatic rings. The van der Waals surface area contributed by atoms with Gasteiger partial charge in [0.05, 0.1) is 12.6 Å². The lowest BCUT2D eigenvalue weighted by molar-refractivity contribution is -0.155. The number of nitrogens with one attached hydrogen (secondary N) is 1. The van der Waals surface area contributed by atoms with Crippen molar-refractivity contribution in [3.05, 3.63) is 65.2 Å². The van der Waals surface area contributed by atoms with E-state index in [4.69, 9.17) is 10.5 Å². The summed E-state index contributed by atoms with van der Waals surface area (Å²) >= 11 is 0. The number of amides is 1. The Hall–Kier alpha value is -3.23. The standard InChI is InChI=1S/C31H43N3O5/c1-21(2)14-28(29(36)19-34-13-7-10-24-16-26(35)12-11-25(24)18-34)33-30(37)27(15-22(3)17-32)31(38)39-20-23-8-5-4-6-9-23/h4-6,8-9,11-12,16,21-22,27-28,35H,7,10,13-15,17-20,32H2,1-3H3,(H,33,37)/t22?,27-,28?/m0/s1. The van der Waals surface area contributed by atoms with Crippen LogP contribution in [-0.2, 0) is 38.7 Å². The number of rotatable bonds is 13. The maximum Gasteiger partial charge on any atom is 0.318 e. The van der Waals surface area contributed by atoms with Gasteiger partial charge in [-0.1, -0.05) is 57.2 Å². The monoisotopic (exact) mass is 537 g/mol. The van der Waals surface area contributed by atoms with Crippen molar-refractivity contribution in [2.75, 3.05) is 19.6 Å². The van der Waals surface area contributed by atoms with Gasteiger partial charge in [-0.2, -0.15) is 0 Å². The molecule has 2 aromatic carbocycles. The summed E-state index contributed by atoms with van der Waals surface area (Å²) in [6, 6.07) is 14.0. The summed E-state index contributed by atoms with van der Waals surface area (Å²) in [5.74, 6) is -1.89. The predicted molar refractivity (Wildman–Crippen MR) is 151 cm³/mol. The average Bonchev–Trinajstić information content (AvgIpc) is 3.11. The first kappa shape index (κ1) is 30.3. The molecule has 3 rings (SSSR count). The number of ether oxygens (including phenoxy) is 1. The molecule has 1 amide bonds. The molecule has 0 aromatic heterocycles. The van der Waals surface area contributed by atoms with Gasteiger partial charge in [0.15, 0.2) is 5.78 Å². The molecular weight excluding hydrogens is 494 g/mol. The number of phenolic OH excluding ortho intramolecular Hbond substituents is 1. The van der Waals surface area contributed by atoms with E-state index < -0.39 is 23.8 Å². The largest absolute Gasteiger partial charge is 0.508 e. The summed E-state index contributed by atoms with van der Waals surface area (Å²) in [7, 11) is 0. The van der Waals surface area contributed by atoms with Crippen molar-refractivity contribution < 1.29 is 24.2 Å². The third kappa shape index (κ3) is 9.48. The first-order chi connectivity index (χ1) is 18.7. The van der Waals surface area contributed by atoms with Crippen LogP contribution < -0.4 is 11.1 Å². The number of fused-ring (bicyclic) bond motifs is 1. The number of benzene rings is 2. The van der Waals surface area contributed by atoms with Crippen molar-refractivity contribution in [1.29, 1.82) is 0 Å². The van der Waals surface area contributed by atoms with E-state index in [-0.39, 0.29) is 42.9 Å². The number of esters is 1. The Bertz CT molecular complexity index is 1100. The average molecular weight is 538 g/mol. The molecule has 0 radical (unpaired) electrons. The molecule has 1 heterocycles. The van der Waals surface area contributed by atoms with E-state index in [1.165, 1.54) is 0 Å². The Labute approximate surface area is 231 Å². The minimum atomic E-state index is -1.05. The maximum absolute atomic E-state index is 13.5. The van der Waals surface area contributed by atoms with E-state index >= 15 is 0 Å². The molecule has 2 aromatic rings. The smallest absolute Gasteiger partial charge is 0.318 e. The number of aromatic hydroxyl groups is 1. The molecule has 0 fully saturated rings. The van der Waals surface area contributed by atoms with Gasteiger partial charge in [0.2, 0.25) is 5.91 Å². The second kappa shape index (κ2) is 14.8. The fourth-order valence-corrected chi connectivity index (χ4v) is 4.93. The Balaban J connectivity index is 1.69. The number of hydrogen-bond acceptors (Lipinski definition) is 7. The predicted octanol–water partition coefficient (Wildman–Crippen LogP) is 3.58. The number of aryl methyl sites for hydroxylation is 1. The van der Waals surface area contributed by atoms with Gasteiger partial charge in [0.1, 0.15) is 18.3 Å². The molecule has 1 aliphatic heterocycles. The second-order valence-electron chi connectivity index (χ2n) is 11.1. The van der Waals surface area contributed by atoms with Crippen LogP contribution in [0, 0.1) is 17.8 Å². The third-order valence-electron chi connectivity index (χ3n) is 7.16. The van der Waals surface area contributed by atoms with E-state index in [0.717, 1.165) is 36.1 Å². The van der Waals surface area contributed by atoms with E-state index in [9.17, 15) is 19.5 Å². The summed E-state index contributed by atoms with van der Waals surface area (Å²) in [5.41, 5.74) is 8.83. The minimum Gasteiger partial charge on any atom is -0.508 e. The van der Waals surface area contributed by atoms with E-state index in [2.05, 4.69) is 10.2 Å². The first-order valence-corrected chi connectivity index (χ1v) is 13.9. The Kier molecular flexibility index (Phi) is 11.5. The lowest BCUT2D eigenvalue weighted by Gasteiger charge is -2.26. The molecule has 0 bridgehead atoms. The molecule has 4 N–H and O–H groups in total. The number of hydrogen-bond donors (Lipinski definition) is 3. The Morgan fingerprint density at radius 2 is 1.79 bits per heavy atom. The van der Waals surface area contributed by atoms with Crippen LogP contribution in [-0.4, -0.2) is 53.3 Å². The molecular formula is C31H43N3O5. The van der Waals surface area contributed by atoms with Crippen LogP contribution in [0.1, 0.15) is 56.7 Å². The summed E-state index contributed by atoms with van der Waals surface area (Å²) < 4.78 is 5.51. The molecule has 0 aliphatic carbocycles. The number of Topliss-reactive ketones (excluding diaryl/α,β-unsaturated/α-hetero) is 1. The van der Waals surface area contributed by atoms with Crippen molar-refractivity contribution in [2.45, 2.75) is 65.6 Å². The van der Waals surface area contributed by atoms with Crippen molar-refractivity contribution in [1.82, 2.24) is 10.2 Å². The minimum absolute atomic E-state index is 0.0686. The first-order valence-electron chi connectivity index (χ1n) is 13.9. The van der Waals surface area contributed by atoms with Crippen LogP contribution in [0.2, 0.25) is 0 Å². The zero-order valence-electron chi connectivity index (χ0n) is 23.4. The fourth-order valence-electron chi connectivity index (χ4n) is 4.93. The molecule has 3 atom stereocenters. The van der Waals surface area contributed by atoms with Gasteiger partial charge in [-0.3, -0.25) is 19.3 Å². The third-order valence-corrected chi connectivity index (χ3v) is 7.16. The molecule has 0 spiro atoms. The number of carbonyl (C=O) groups excluding carboxylic acids is 3. The van der Waals surface area contributed by atoms with Crippen LogP contribution in [0.5, 0.6) is 5.75 Å². The maximum atomic E-state index is 13.5. The van der Waals surface area contributed by atoms with Gasteiger partial charge in [-0.15, -0.1) is 0 Å². The Morgan fingerprint density at radius 3 is 2.49 bits per heavy atom. The topological polar surface area (TPSA) is 122 Å². The van der Waals surface area contributed by atoms with Gasteiger partial charge >= 0.3 is 5.97 Å². The van der Waals surface area contributed by atoms with Crippen LogP contribution >= 0.6 is 0 Å². The fraction of sp³-hybridized carbons (Fsp3) is 0.516. The molecule has 212 valence electrons. The van der Waals surface area contributed by atoms with Crippen molar-refractivity contribution >= 4 is 17.7 Å². The zero-order chi connectivity index (χ0) is 28.4. The lowest BCUT2D eigenvalue weighted by atomic mass is 9.93. The summed E-state index contributed by atoms with van der Waals surface area (Å²) in [4.78, 5) is 42.1. The summed E-state index contributed by atoms with van der Waals surface area (Å²) in [5, 5.41) is 12.7. The van der Waals surface area contributed by atoms with Gasteiger partial charge in [0.25, 0.3) is 0 Å². The highest BCUT2D eigenvalue weighted by Gasteiger charge is 2.33. The normalized spacial score (nSPS) is 16.0. The number of nitrogens with zero attached hydrogens (tertiary/aromatic N) is 1. The van der Waals surface area contributed by atoms with Crippen LogP contribution in [0.4, 0.5) is 0 Å². The number of carbonyl (C=O) groups is 3. The van der Waals surface area contributed by atoms with Gasteiger partial charge in [-0.25, -0.2) is 0 Å². The quantitative estimate of drug-likeness (QED) is 0.264. The molecule has 0 saturated heterocycles. The van der Waals surface area contributed by atoms with Gasteiger partial charge < -0.3 is 20.9 Å². The molecule has 39 heavy (non-hydrogen) atoms. The lowest BCUT2D eigenvalue weighted by Crippen LogP contribution is -2.49. The van der Waals surface area contributed by atoms with E-state index in [1.807, 2.05) is 57.2 Å². The van der Waals surface area contributed by atoms with Gasteiger partial charge in [-0.05, 0) is 79.4 Å². The molecule has 8 nitrogen and oxygen atoms in total. The van der Waals surface area contributed by atoms with E-state index in [0.29, 0.717) is 19.5 Å². The van der Waals surface area contributed by atoms with Crippen LogP contribution in [0.15, 0.2) is 48.5 Å². The van der Waals surface area contributed by atoms with E-state index in [1.54, 1.807) is 12.1 Å². The van der Waals surface area contributed by atoms with Crippen LogP contribution in [0.25, 0.3) is 0 Å². The van der Waals surface area contributed by atoms with Crippen molar-refractivity contribution in [3.8, 4) is 5.75 Å². The molecule has 2 unspecified atom stereocenters. The summed E-state index contributed by atoms with van der Waals surface area (Å²) in [6.45, 7) is 7.84. The highest BCUT2D eigenvalue weighted by molar-refractivity contribution is 6.00. The SMILES string of the molecule is CC(C)CC(NC(=O)[C@H](CC(C)CN)C(=O)OCc1ccccc1)C(=O)CN1CCCc2cc(O)ccc2C1. The Morgan fingerprint density at radius 1 is 1.05 bits per heavy atom.